The number of benzene rings is 1. The van der Waals surface area contributed by atoms with Crippen LogP contribution < -0.4 is 0 Å². The van der Waals surface area contributed by atoms with Gasteiger partial charge in [-0.15, -0.1) is 23.2 Å². The molecule has 0 aliphatic rings. The van der Waals surface area contributed by atoms with E-state index < -0.39 is 5.82 Å². The lowest BCUT2D eigenvalue weighted by Crippen LogP contribution is -2.13. The van der Waals surface area contributed by atoms with Crippen molar-refractivity contribution < 1.29 is 4.39 Å². The summed E-state index contributed by atoms with van der Waals surface area (Å²) in [6.07, 6.45) is 0.590. The van der Waals surface area contributed by atoms with E-state index in [0.29, 0.717) is 6.42 Å². The van der Waals surface area contributed by atoms with E-state index in [4.69, 9.17) is 34.8 Å². The number of alkyl halides is 2. The van der Waals surface area contributed by atoms with Crippen molar-refractivity contribution in [3.05, 3.63) is 34.6 Å². The van der Waals surface area contributed by atoms with Gasteiger partial charge in [0, 0.05) is 5.38 Å². The van der Waals surface area contributed by atoms with Crippen LogP contribution in [0.4, 0.5) is 4.39 Å². The number of hydrogen-bond donors (Lipinski definition) is 0. The van der Waals surface area contributed by atoms with Crippen molar-refractivity contribution in [3.8, 4) is 0 Å². The van der Waals surface area contributed by atoms with E-state index in [-0.39, 0.29) is 15.8 Å². The van der Waals surface area contributed by atoms with Crippen LogP contribution in [0, 0.1) is 5.82 Å². The minimum absolute atomic E-state index is 0.119. The Kier molecular flexibility index (Phi) is 4.49. The van der Waals surface area contributed by atoms with Crippen molar-refractivity contribution in [2.45, 2.75) is 24.1 Å². The fourth-order valence-corrected chi connectivity index (χ4v) is 1.52. The fourth-order valence-electron chi connectivity index (χ4n) is 1.05. The molecule has 0 saturated carbocycles. The lowest BCUT2D eigenvalue weighted by molar-refractivity contribution is 0.627. The largest absolute Gasteiger partial charge is 0.205 e. The molecule has 0 aromatic heterocycles. The molecule has 1 rings (SSSR count). The van der Waals surface area contributed by atoms with Crippen LogP contribution in [0.25, 0.3) is 0 Å². The molecule has 0 radical (unpaired) electrons. The molecule has 2 unspecified atom stereocenters. The molecule has 0 amide bonds. The van der Waals surface area contributed by atoms with Crippen molar-refractivity contribution in [1.29, 1.82) is 0 Å². The lowest BCUT2D eigenvalue weighted by atomic mass is 10.1. The lowest BCUT2D eigenvalue weighted by Gasteiger charge is -2.11. The Bertz CT molecular complexity index is 312. The molecule has 2 atom stereocenters. The van der Waals surface area contributed by atoms with Crippen LogP contribution in [-0.2, 0) is 6.42 Å². The van der Waals surface area contributed by atoms with Gasteiger partial charge in [-0.25, -0.2) is 4.39 Å². The third kappa shape index (κ3) is 3.30. The highest BCUT2D eigenvalue weighted by Gasteiger charge is 2.12. The fraction of sp³-hybridized carbons (Fsp3) is 0.400. The van der Waals surface area contributed by atoms with Crippen LogP contribution in [0.2, 0.25) is 5.02 Å². The number of rotatable bonds is 3. The average molecular weight is 256 g/mol. The van der Waals surface area contributed by atoms with Gasteiger partial charge in [0.2, 0.25) is 0 Å². The molecule has 1 aromatic rings. The minimum atomic E-state index is -0.416. The molecular weight excluding hydrogens is 245 g/mol. The smallest absolute Gasteiger partial charge is 0.141 e. The molecule has 0 saturated heterocycles. The second-order valence-corrected chi connectivity index (χ2v) is 4.80. The van der Waals surface area contributed by atoms with Crippen LogP contribution in [-0.4, -0.2) is 10.8 Å². The molecule has 0 nitrogen and oxygen atoms in total. The monoisotopic (exact) mass is 254 g/mol. The van der Waals surface area contributed by atoms with Gasteiger partial charge in [-0.1, -0.05) is 17.7 Å². The maximum atomic E-state index is 12.8. The maximum Gasteiger partial charge on any atom is 0.141 e. The van der Waals surface area contributed by atoms with Gasteiger partial charge >= 0.3 is 0 Å². The Morgan fingerprint density at radius 2 is 2.00 bits per heavy atom. The van der Waals surface area contributed by atoms with E-state index in [1.54, 1.807) is 12.1 Å². The van der Waals surface area contributed by atoms with E-state index in [2.05, 4.69) is 0 Å². The summed E-state index contributed by atoms with van der Waals surface area (Å²) >= 11 is 17.4. The molecule has 78 valence electrons. The zero-order chi connectivity index (χ0) is 10.7. The first-order valence-electron chi connectivity index (χ1n) is 4.22. The number of halogens is 4. The molecule has 0 N–H and O–H groups in total. The molecule has 0 aliphatic heterocycles. The van der Waals surface area contributed by atoms with Gasteiger partial charge in [-0.05, 0) is 31.0 Å². The summed E-state index contributed by atoms with van der Waals surface area (Å²) in [4.78, 5) is 0. The first-order valence-corrected chi connectivity index (χ1v) is 5.48. The molecule has 0 aliphatic carbocycles. The highest BCUT2D eigenvalue weighted by molar-refractivity contribution is 6.31. The second kappa shape index (κ2) is 5.20. The van der Waals surface area contributed by atoms with Crippen molar-refractivity contribution in [1.82, 2.24) is 0 Å². The molecule has 14 heavy (non-hydrogen) atoms. The number of hydrogen-bond acceptors (Lipinski definition) is 0. The molecule has 4 heteroatoms. The van der Waals surface area contributed by atoms with Crippen molar-refractivity contribution in [2.24, 2.45) is 0 Å². The van der Waals surface area contributed by atoms with Crippen LogP contribution in [0.5, 0.6) is 0 Å². The summed E-state index contributed by atoms with van der Waals surface area (Å²) in [6, 6.07) is 4.57. The Hall–Kier alpha value is 0.0200. The van der Waals surface area contributed by atoms with E-state index in [9.17, 15) is 4.39 Å². The summed E-state index contributed by atoms with van der Waals surface area (Å²) in [5.41, 5.74) is 0.893. The Balaban J connectivity index is 2.73. The third-order valence-corrected chi connectivity index (χ3v) is 3.17. The SMILES string of the molecule is CC(Cl)C(Cl)Cc1ccc(F)c(Cl)c1. The molecular formula is C10H10Cl3F. The van der Waals surface area contributed by atoms with Gasteiger partial charge in [-0.2, -0.15) is 0 Å². The van der Waals surface area contributed by atoms with Gasteiger partial charge in [0.05, 0.1) is 10.4 Å². The third-order valence-electron chi connectivity index (χ3n) is 1.91. The quantitative estimate of drug-likeness (QED) is 0.708. The first-order chi connectivity index (χ1) is 6.50. The van der Waals surface area contributed by atoms with Gasteiger partial charge in [0.15, 0.2) is 0 Å². The van der Waals surface area contributed by atoms with Gasteiger partial charge < -0.3 is 0 Å². The predicted molar refractivity (Wildman–Crippen MR) is 60.1 cm³/mol. The normalized spacial score (nSPS) is 15.2. The minimum Gasteiger partial charge on any atom is -0.205 e. The summed E-state index contributed by atoms with van der Waals surface area (Å²) < 4.78 is 12.8. The summed E-state index contributed by atoms with van der Waals surface area (Å²) in [6.45, 7) is 1.82. The van der Waals surface area contributed by atoms with Crippen LogP contribution in [0.3, 0.4) is 0 Å². The van der Waals surface area contributed by atoms with E-state index in [1.165, 1.54) is 6.07 Å². The van der Waals surface area contributed by atoms with Crippen LogP contribution >= 0.6 is 34.8 Å². The second-order valence-electron chi connectivity index (χ2n) is 3.15. The first kappa shape index (κ1) is 12.1. The van der Waals surface area contributed by atoms with Crippen LogP contribution in [0.15, 0.2) is 18.2 Å². The highest BCUT2D eigenvalue weighted by Crippen LogP contribution is 2.20. The zero-order valence-electron chi connectivity index (χ0n) is 7.61. The average Bonchev–Trinajstić information content (AvgIpc) is 2.11. The molecule has 0 heterocycles. The van der Waals surface area contributed by atoms with E-state index in [1.807, 2.05) is 6.92 Å². The van der Waals surface area contributed by atoms with Crippen molar-refractivity contribution in [3.63, 3.8) is 0 Å². The summed E-state index contributed by atoms with van der Waals surface area (Å²) in [7, 11) is 0. The zero-order valence-corrected chi connectivity index (χ0v) is 9.87. The maximum absolute atomic E-state index is 12.8. The van der Waals surface area contributed by atoms with Gasteiger partial charge in [-0.3, -0.25) is 0 Å². The summed E-state index contributed by atoms with van der Waals surface area (Å²) in [5.74, 6) is -0.416. The summed E-state index contributed by atoms with van der Waals surface area (Å²) in [5, 5.41) is -0.174. The Labute approximate surface area is 98.0 Å². The molecule has 1 aromatic carbocycles. The van der Waals surface area contributed by atoms with Crippen LogP contribution in [0.1, 0.15) is 12.5 Å². The van der Waals surface area contributed by atoms with E-state index >= 15 is 0 Å². The van der Waals surface area contributed by atoms with E-state index in [0.717, 1.165) is 5.56 Å². The topological polar surface area (TPSA) is 0 Å². The molecule has 0 spiro atoms. The van der Waals surface area contributed by atoms with Gasteiger partial charge in [0.25, 0.3) is 0 Å². The van der Waals surface area contributed by atoms with Crippen molar-refractivity contribution in [2.75, 3.05) is 0 Å². The standard InChI is InChI=1S/C10H10Cl3F/c1-6(11)8(12)4-7-2-3-10(14)9(13)5-7/h2-3,5-6,8H,4H2,1H3. The van der Waals surface area contributed by atoms with Crippen molar-refractivity contribution >= 4 is 34.8 Å². The predicted octanol–water partition coefficient (Wildman–Crippen LogP) is 4.26. The Morgan fingerprint density at radius 3 is 2.50 bits per heavy atom. The highest BCUT2D eigenvalue weighted by atomic mass is 35.5. The van der Waals surface area contributed by atoms with Gasteiger partial charge in [0.1, 0.15) is 5.82 Å². The Morgan fingerprint density at radius 1 is 1.36 bits per heavy atom. The molecule has 0 bridgehead atoms. The molecule has 0 fully saturated rings.